The number of carbonyl (C=O) groups is 1. The third-order valence-electron chi connectivity index (χ3n) is 3.79. The van der Waals surface area contributed by atoms with Crippen LogP contribution in [0.25, 0.3) is 0 Å². The first-order chi connectivity index (χ1) is 11.9. The molecular weight excluding hydrogens is 326 g/mol. The highest BCUT2D eigenvalue weighted by Gasteiger charge is 2.23. The molecule has 0 radical (unpaired) electrons. The minimum absolute atomic E-state index is 0.0576. The van der Waals surface area contributed by atoms with E-state index in [4.69, 9.17) is 4.74 Å². The van der Waals surface area contributed by atoms with Crippen LogP contribution < -0.4 is 5.32 Å². The fourth-order valence-electron chi connectivity index (χ4n) is 2.23. The normalized spacial score (nSPS) is 13.1. The van der Waals surface area contributed by atoms with Crippen molar-refractivity contribution in [2.45, 2.75) is 25.7 Å². The Morgan fingerprint density at radius 2 is 1.80 bits per heavy atom. The Morgan fingerprint density at radius 3 is 2.48 bits per heavy atom. The van der Waals surface area contributed by atoms with Gasteiger partial charge in [0, 0.05) is 17.7 Å². The topological polar surface area (TPSA) is 119 Å². The van der Waals surface area contributed by atoms with Gasteiger partial charge >= 0.3 is 6.09 Å². The van der Waals surface area contributed by atoms with Gasteiger partial charge in [0.1, 0.15) is 30.3 Å². The van der Waals surface area contributed by atoms with Crippen molar-refractivity contribution in [2.24, 2.45) is 0 Å². The van der Waals surface area contributed by atoms with Crippen LogP contribution in [0.2, 0.25) is 0 Å². The van der Waals surface area contributed by atoms with E-state index in [1.807, 2.05) is 30.3 Å². The molecule has 0 aliphatic carbocycles. The molecule has 2 aromatic rings. The van der Waals surface area contributed by atoms with E-state index in [-0.39, 0.29) is 35.8 Å². The predicted molar refractivity (Wildman–Crippen MR) is 90.1 cm³/mol. The second kappa shape index (κ2) is 8.36. The van der Waals surface area contributed by atoms with E-state index in [9.17, 15) is 25.2 Å². The van der Waals surface area contributed by atoms with Gasteiger partial charge in [-0.1, -0.05) is 30.3 Å². The molecule has 2 atom stereocenters. The smallest absolute Gasteiger partial charge is 0.407 e. The summed E-state index contributed by atoms with van der Waals surface area (Å²) in [6.07, 6.45) is -3.53. The Hall–Kier alpha value is -2.77. The average Bonchev–Trinajstić information content (AvgIpc) is 2.63. The van der Waals surface area contributed by atoms with Crippen molar-refractivity contribution in [3.05, 3.63) is 59.2 Å². The Labute approximate surface area is 145 Å². The highest BCUT2D eigenvalue weighted by atomic mass is 16.5. The van der Waals surface area contributed by atoms with Crippen LogP contribution in [0.15, 0.2) is 42.5 Å². The van der Waals surface area contributed by atoms with Crippen LogP contribution in [0.1, 0.15) is 22.8 Å². The molecule has 2 aromatic carbocycles. The maximum Gasteiger partial charge on any atom is 0.407 e. The van der Waals surface area contributed by atoms with Gasteiger partial charge in [0.25, 0.3) is 0 Å². The summed E-state index contributed by atoms with van der Waals surface area (Å²) < 4.78 is 5.00. The Kier molecular flexibility index (Phi) is 6.21. The number of aliphatic hydroxyl groups excluding tert-OH is 2. The van der Waals surface area contributed by atoms with Crippen molar-refractivity contribution >= 4 is 6.09 Å². The number of hydrogen-bond acceptors (Lipinski definition) is 6. The van der Waals surface area contributed by atoms with Crippen LogP contribution in [-0.2, 0) is 11.3 Å². The van der Waals surface area contributed by atoms with Crippen LogP contribution in [0, 0.1) is 6.92 Å². The molecule has 0 aliphatic heterocycles. The van der Waals surface area contributed by atoms with E-state index in [1.165, 1.54) is 19.1 Å². The van der Waals surface area contributed by atoms with E-state index in [0.717, 1.165) is 5.56 Å². The van der Waals surface area contributed by atoms with Crippen LogP contribution in [0.5, 0.6) is 11.5 Å². The summed E-state index contributed by atoms with van der Waals surface area (Å²) in [7, 11) is 0. The van der Waals surface area contributed by atoms with E-state index >= 15 is 0 Å². The second-order valence-corrected chi connectivity index (χ2v) is 5.60. The maximum atomic E-state index is 11.6. The van der Waals surface area contributed by atoms with Crippen molar-refractivity contribution in [3.8, 4) is 11.5 Å². The van der Waals surface area contributed by atoms with Gasteiger partial charge in [0.15, 0.2) is 0 Å². The SMILES string of the molecule is Cc1c(O)ccc(C(O)C(O)CNC(=O)OCc2ccccc2)c1O. The summed E-state index contributed by atoms with van der Waals surface area (Å²) in [4.78, 5) is 11.6. The van der Waals surface area contributed by atoms with Crippen molar-refractivity contribution in [3.63, 3.8) is 0 Å². The lowest BCUT2D eigenvalue weighted by molar-refractivity contribution is 0.0170. The summed E-state index contributed by atoms with van der Waals surface area (Å²) in [6, 6.07) is 11.7. The Balaban J connectivity index is 1.86. The lowest BCUT2D eigenvalue weighted by Crippen LogP contribution is -2.35. The molecule has 2 rings (SSSR count). The number of alkyl carbamates (subject to hydrolysis) is 1. The zero-order chi connectivity index (χ0) is 18.4. The molecule has 7 heteroatoms. The molecule has 0 saturated carbocycles. The maximum absolute atomic E-state index is 11.6. The van der Waals surface area contributed by atoms with Crippen molar-refractivity contribution in [1.82, 2.24) is 5.32 Å². The van der Waals surface area contributed by atoms with Gasteiger partial charge in [-0.15, -0.1) is 0 Å². The molecule has 25 heavy (non-hydrogen) atoms. The van der Waals surface area contributed by atoms with Crippen LogP contribution >= 0.6 is 0 Å². The number of hydrogen-bond donors (Lipinski definition) is 5. The predicted octanol–water partition coefficient (Wildman–Crippen LogP) is 1.73. The van der Waals surface area contributed by atoms with E-state index in [1.54, 1.807) is 0 Å². The van der Waals surface area contributed by atoms with Crippen LogP contribution in [0.4, 0.5) is 4.79 Å². The van der Waals surface area contributed by atoms with E-state index < -0.39 is 18.3 Å². The molecular formula is C18H21NO6. The first kappa shape index (κ1) is 18.6. The van der Waals surface area contributed by atoms with Gasteiger partial charge in [-0.25, -0.2) is 4.79 Å². The molecule has 0 aromatic heterocycles. The second-order valence-electron chi connectivity index (χ2n) is 5.60. The van der Waals surface area contributed by atoms with E-state index in [2.05, 4.69) is 5.32 Å². The first-order valence-corrected chi connectivity index (χ1v) is 7.72. The summed E-state index contributed by atoms with van der Waals surface area (Å²) in [6.45, 7) is 1.30. The minimum Gasteiger partial charge on any atom is -0.508 e. The first-order valence-electron chi connectivity index (χ1n) is 7.72. The standard InChI is InChI=1S/C18H21NO6/c1-11-14(20)8-7-13(16(11)22)17(23)15(21)9-19-18(24)25-10-12-5-3-2-4-6-12/h2-8,15,17,20-23H,9-10H2,1H3,(H,19,24). The average molecular weight is 347 g/mol. The van der Waals surface area contributed by atoms with Gasteiger partial charge in [0.05, 0.1) is 0 Å². The summed E-state index contributed by atoms with van der Waals surface area (Å²) in [5.41, 5.74) is 1.07. The number of ether oxygens (including phenoxy) is 1. The quantitative estimate of drug-likeness (QED) is 0.543. The molecule has 7 nitrogen and oxygen atoms in total. The third kappa shape index (κ3) is 4.85. The molecule has 1 amide bonds. The molecule has 0 spiro atoms. The number of nitrogens with one attached hydrogen (secondary N) is 1. The molecule has 0 bridgehead atoms. The fraction of sp³-hybridized carbons (Fsp3) is 0.278. The number of aromatic hydroxyl groups is 2. The van der Waals surface area contributed by atoms with Crippen molar-refractivity contribution < 1.29 is 30.0 Å². The number of rotatable bonds is 6. The lowest BCUT2D eigenvalue weighted by Gasteiger charge is -2.20. The Bertz CT molecular complexity index is 719. The monoisotopic (exact) mass is 347 g/mol. The van der Waals surface area contributed by atoms with Gasteiger partial charge < -0.3 is 30.5 Å². The van der Waals surface area contributed by atoms with Gasteiger partial charge in [-0.3, -0.25) is 0 Å². The van der Waals surface area contributed by atoms with Crippen molar-refractivity contribution in [1.29, 1.82) is 0 Å². The molecule has 2 unspecified atom stereocenters. The summed E-state index contributed by atoms with van der Waals surface area (Å²) in [5.74, 6) is -0.427. The van der Waals surface area contributed by atoms with E-state index in [0.29, 0.717) is 0 Å². The highest BCUT2D eigenvalue weighted by Crippen LogP contribution is 2.34. The summed E-state index contributed by atoms with van der Waals surface area (Å²) >= 11 is 0. The fourth-order valence-corrected chi connectivity index (χ4v) is 2.23. The van der Waals surface area contributed by atoms with Gasteiger partial charge in [0.2, 0.25) is 0 Å². The number of carbonyl (C=O) groups excluding carboxylic acids is 1. The number of phenols is 2. The largest absolute Gasteiger partial charge is 0.508 e. The third-order valence-corrected chi connectivity index (χ3v) is 3.79. The van der Waals surface area contributed by atoms with Crippen LogP contribution in [-0.4, -0.2) is 39.2 Å². The lowest BCUT2D eigenvalue weighted by atomic mass is 10.00. The Morgan fingerprint density at radius 1 is 1.12 bits per heavy atom. The summed E-state index contributed by atoms with van der Waals surface area (Å²) in [5, 5.41) is 41.9. The van der Waals surface area contributed by atoms with Gasteiger partial charge in [-0.05, 0) is 24.6 Å². The molecule has 0 heterocycles. The van der Waals surface area contributed by atoms with Crippen LogP contribution in [0.3, 0.4) is 0 Å². The molecule has 134 valence electrons. The number of amides is 1. The zero-order valence-corrected chi connectivity index (χ0v) is 13.7. The number of benzene rings is 2. The van der Waals surface area contributed by atoms with Crippen molar-refractivity contribution in [2.75, 3.05) is 6.54 Å². The zero-order valence-electron chi connectivity index (χ0n) is 13.7. The number of aliphatic hydroxyl groups is 2. The number of phenolic OH excluding ortho intramolecular Hbond substituents is 2. The molecule has 0 saturated heterocycles. The minimum atomic E-state index is -1.44. The molecule has 0 aliphatic rings. The van der Waals surface area contributed by atoms with Gasteiger partial charge in [-0.2, -0.15) is 0 Å². The molecule has 0 fully saturated rings. The highest BCUT2D eigenvalue weighted by molar-refractivity contribution is 5.67. The molecule has 5 N–H and O–H groups in total.